The number of rotatable bonds is 8. The fourth-order valence-electron chi connectivity index (χ4n) is 5.13. The molecule has 5 heterocycles. The second kappa shape index (κ2) is 11.4. The smallest absolute Gasteiger partial charge is 0.413 e. The predicted octanol–water partition coefficient (Wildman–Crippen LogP) is 4.25. The van der Waals surface area contributed by atoms with Crippen molar-refractivity contribution in [1.29, 1.82) is 0 Å². The maximum atomic E-state index is 13.5. The van der Waals surface area contributed by atoms with Crippen molar-refractivity contribution in [2.45, 2.75) is 18.9 Å². The minimum absolute atomic E-state index is 0.142. The Morgan fingerprint density at radius 2 is 2.05 bits per heavy atom. The minimum Gasteiger partial charge on any atom is -0.465 e. The zero-order valence-electron chi connectivity index (χ0n) is 22.1. The van der Waals surface area contributed by atoms with Crippen LogP contribution in [0.15, 0.2) is 59.8 Å². The van der Waals surface area contributed by atoms with E-state index >= 15 is 0 Å². The van der Waals surface area contributed by atoms with E-state index in [0.29, 0.717) is 46.2 Å². The summed E-state index contributed by atoms with van der Waals surface area (Å²) in [5.41, 5.74) is 3.97. The summed E-state index contributed by atoms with van der Waals surface area (Å²) in [7, 11) is 1.50. The summed E-state index contributed by atoms with van der Waals surface area (Å²) in [6, 6.07) is 11.8. The van der Waals surface area contributed by atoms with Gasteiger partial charge in [0, 0.05) is 41.2 Å². The van der Waals surface area contributed by atoms with Crippen LogP contribution in [0.1, 0.15) is 23.9 Å². The summed E-state index contributed by atoms with van der Waals surface area (Å²) in [6.45, 7) is 0.374. The van der Waals surface area contributed by atoms with Crippen LogP contribution >= 0.6 is 23.2 Å². The van der Waals surface area contributed by atoms with Crippen LogP contribution in [0.3, 0.4) is 0 Å². The number of carbonyl (C=O) groups is 1. The maximum absolute atomic E-state index is 13.5. The van der Waals surface area contributed by atoms with Crippen LogP contribution in [0.25, 0.3) is 28.2 Å². The Hall–Kier alpha value is -4.59. The van der Waals surface area contributed by atoms with E-state index in [9.17, 15) is 14.7 Å². The van der Waals surface area contributed by atoms with Gasteiger partial charge in [0.1, 0.15) is 18.0 Å². The van der Waals surface area contributed by atoms with Crippen LogP contribution in [-0.2, 0) is 11.2 Å². The van der Waals surface area contributed by atoms with Crippen LogP contribution in [0.2, 0.25) is 10.2 Å². The van der Waals surface area contributed by atoms with Crippen LogP contribution in [0.4, 0.5) is 10.6 Å². The first kappa shape index (κ1) is 27.6. The molecule has 0 fully saturated rings. The number of H-pyrrole nitrogens is 1. The van der Waals surface area contributed by atoms with Gasteiger partial charge in [0.25, 0.3) is 5.56 Å². The molecule has 1 amide bonds. The van der Waals surface area contributed by atoms with Crippen molar-refractivity contribution >= 4 is 35.1 Å². The molecule has 1 atom stereocenters. The Labute approximate surface area is 248 Å². The highest BCUT2D eigenvalue weighted by atomic mass is 35.5. The van der Waals surface area contributed by atoms with Gasteiger partial charge in [-0.25, -0.2) is 14.8 Å². The van der Waals surface area contributed by atoms with E-state index < -0.39 is 6.09 Å². The standard InChI is InChI=1S/C27H23Cl2N9O4/c1-42-9-8-36(27(40)41)22-7-2-15(13-30-22)26-32-24(25(29)33-26)21-6-4-18-10-16(11-23(39)38(18)21)19-12-17(28)3-5-20(19)37-14-31-34-35-37/h2-3,5,7,10-14,21H,4,6,8-9H2,1H3,(H,32,33)(H,40,41)/t21-/m0/s1. The number of imidazole rings is 1. The van der Waals surface area contributed by atoms with Gasteiger partial charge in [0.2, 0.25) is 0 Å². The lowest BCUT2D eigenvalue weighted by Crippen LogP contribution is -2.33. The number of nitrogens with zero attached hydrogens (tertiary/aromatic N) is 8. The third-order valence-electron chi connectivity index (χ3n) is 7.07. The number of aromatic nitrogens is 8. The number of fused-ring (bicyclic) bond motifs is 1. The number of carboxylic acid groups (broad SMARTS) is 1. The van der Waals surface area contributed by atoms with Crippen LogP contribution < -0.4 is 10.5 Å². The first-order chi connectivity index (χ1) is 20.3. The largest absolute Gasteiger partial charge is 0.465 e. The number of hydrogen-bond donors (Lipinski definition) is 2. The van der Waals surface area contributed by atoms with E-state index in [1.54, 1.807) is 41.0 Å². The fraction of sp³-hybridized carbons (Fsp3) is 0.222. The highest BCUT2D eigenvalue weighted by molar-refractivity contribution is 6.31. The summed E-state index contributed by atoms with van der Waals surface area (Å²) in [4.78, 5) is 38.3. The second-order valence-corrected chi connectivity index (χ2v) is 10.3. The summed E-state index contributed by atoms with van der Waals surface area (Å²) in [5, 5.41) is 21.7. The third kappa shape index (κ3) is 5.13. The molecule has 0 saturated carbocycles. The molecule has 15 heteroatoms. The van der Waals surface area contributed by atoms with Crippen LogP contribution in [-0.4, -0.2) is 71.2 Å². The van der Waals surface area contributed by atoms with E-state index in [1.807, 2.05) is 6.07 Å². The molecule has 0 spiro atoms. The number of pyridine rings is 2. The molecule has 13 nitrogen and oxygen atoms in total. The Balaban J connectivity index is 1.31. The number of amides is 1. The van der Waals surface area contributed by atoms with Crippen molar-refractivity contribution in [1.82, 2.24) is 39.7 Å². The molecule has 0 radical (unpaired) electrons. The average molecular weight is 608 g/mol. The predicted molar refractivity (Wildman–Crippen MR) is 154 cm³/mol. The van der Waals surface area contributed by atoms with Crippen LogP contribution in [0.5, 0.6) is 0 Å². The van der Waals surface area contributed by atoms with Crippen molar-refractivity contribution in [3.8, 4) is 28.2 Å². The Morgan fingerprint density at radius 3 is 2.76 bits per heavy atom. The van der Waals surface area contributed by atoms with Gasteiger partial charge in [-0.15, -0.1) is 5.10 Å². The molecular weight excluding hydrogens is 585 g/mol. The Kier molecular flexibility index (Phi) is 7.45. The number of ether oxygens (including phenoxy) is 1. The first-order valence-electron chi connectivity index (χ1n) is 12.8. The number of anilines is 1. The number of halogens is 2. The topological polar surface area (TPSA) is 157 Å². The van der Waals surface area contributed by atoms with Gasteiger partial charge in [-0.2, -0.15) is 4.68 Å². The normalized spacial score (nSPS) is 14.2. The lowest BCUT2D eigenvalue weighted by atomic mass is 10.0. The zero-order valence-corrected chi connectivity index (χ0v) is 23.6. The fourth-order valence-corrected chi connectivity index (χ4v) is 5.56. The number of aromatic amines is 1. The minimum atomic E-state index is -1.13. The molecule has 1 aliphatic heterocycles. The maximum Gasteiger partial charge on any atom is 0.413 e. The molecule has 1 aromatic carbocycles. The number of hydrogen-bond acceptors (Lipinski definition) is 8. The van der Waals surface area contributed by atoms with Gasteiger partial charge in [-0.1, -0.05) is 23.2 Å². The van der Waals surface area contributed by atoms with Gasteiger partial charge in [0.15, 0.2) is 5.15 Å². The molecule has 1 aliphatic rings. The van der Waals surface area contributed by atoms with E-state index in [2.05, 4.69) is 30.5 Å². The van der Waals surface area contributed by atoms with Crippen molar-refractivity contribution < 1.29 is 14.6 Å². The molecule has 0 aliphatic carbocycles. The molecule has 6 rings (SSSR count). The summed E-state index contributed by atoms with van der Waals surface area (Å²) in [6.07, 6.45) is 3.14. The lowest BCUT2D eigenvalue weighted by Gasteiger charge is -2.17. The molecule has 0 saturated heterocycles. The zero-order chi connectivity index (χ0) is 29.4. The van der Waals surface area contributed by atoms with Gasteiger partial charge in [-0.05, 0) is 65.2 Å². The van der Waals surface area contributed by atoms with E-state index in [-0.39, 0.29) is 35.7 Å². The molecular formula is C27H23Cl2N9O4. The monoisotopic (exact) mass is 607 g/mol. The number of benzene rings is 1. The number of aryl methyl sites for hydroxylation is 1. The molecule has 5 aromatic rings. The summed E-state index contributed by atoms with van der Waals surface area (Å²) in [5.74, 6) is 0.715. The van der Waals surface area contributed by atoms with Gasteiger partial charge in [-0.3, -0.25) is 9.69 Å². The lowest BCUT2D eigenvalue weighted by molar-refractivity contribution is 0.186. The van der Waals surface area contributed by atoms with Gasteiger partial charge >= 0.3 is 6.09 Å². The number of tetrazole rings is 1. The number of methoxy groups -OCH3 is 1. The van der Waals surface area contributed by atoms with Crippen molar-refractivity contribution in [3.63, 3.8) is 0 Å². The third-order valence-corrected chi connectivity index (χ3v) is 7.59. The van der Waals surface area contributed by atoms with E-state index in [0.717, 1.165) is 16.2 Å². The van der Waals surface area contributed by atoms with Crippen LogP contribution in [0, 0.1) is 0 Å². The highest BCUT2D eigenvalue weighted by Gasteiger charge is 2.30. The van der Waals surface area contributed by atoms with Crippen molar-refractivity contribution in [3.05, 3.63) is 86.9 Å². The van der Waals surface area contributed by atoms with Gasteiger partial charge in [0.05, 0.1) is 30.6 Å². The molecule has 2 N–H and O–H groups in total. The molecule has 0 unspecified atom stereocenters. The Bertz CT molecular complexity index is 1820. The number of nitrogens with one attached hydrogen (secondary N) is 1. The SMILES string of the molecule is COCCN(C(=O)O)c1ccc(-c2nc(Cl)c([C@@H]3CCc4cc(-c5cc(Cl)ccc5-n5cnnn5)cc(=O)n43)[nH]2)cn1. The van der Waals surface area contributed by atoms with E-state index in [4.69, 9.17) is 27.9 Å². The average Bonchev–Trinajstić information content (AvgIpc) is 3.74. The summed E-state index contributed by atoms with van der Waals surface area (Å²) >= 11 is 12.9. The van der Waals surface area contributed by atoms with E-state index in [1.165, 1.54) is 24.3 Å². The van der Waals surface area contributed by atoms with Gasteiger partial charge < -0.3 is 19.4 Å². The molecule has 42 heavy (non-hydrogen) atoms. The molecule has 0 bridgehead atoms. The Morgan fingerprint density at radius 1 is 1.19 bits per heavy atom. The van der Waals surface area contributed by atoms with Crippen molar-refractivity contribution in [2.24, 2.45) is 0 Å². The second-order valence-electron chi connectivity index (χ2n) is 9.54. The molecule has 4 aromatic heterocycles. The quantitative estimate of drug-likeness (QED) is 0.263. The summed E-state index contributed by atoms with van der Waals surface area (Å²) < 4.78 is 8.23. The molecule has 214 valence electrons. The highest BCUT2D eigenvalue weighted by Crippen LogP contribution is 2.37. The first-order valence-corrected chi connectivity index (χ1v) is 13.6. The van der Waals surface area contributed by atoms with Crippen molar-refractivity contribution in [2.75, 3.05) is 25.2 Å².